The van der Waals surface area contributed by atoms with Crippen molar-refractivity contribution in [3.63, 3.8) is 0 Å². The van der Waals surface area contributed by atoms with Crippen LogP contribution in [0.2, 0.25) is 0 Å². The van der Waals surface area contributed by atoms with E-state index in [1.807, 2.05) is 49.4 Å². The van der Waals surface area contributed by atoms with E-state index in [9.17, 15) is 0 Å². The third-order valence-corrected chi connectivity index (χ3v) is 4.67. The van der Waals surface area contributed by atoms with E-state index >= 15 is 0 Å². The van der Waals surface area contributed by atoms with Gasteiger partial charge < -0.3 is 4.74 Å². The van der Waals surface area contributed by atoms with E-state index in [1.54, 1.807) is 0 Å². The summed E-state index contributed by atoms with van der Waals surface area (Å²) in [4.78, 5) is 0. The molecule has 0 atom stereocenters. The predicted octanol–water partition coefficient (Wildman–Crippen LogP) is 6.26. The lowest BCUT2D eigenvalue weighted by Crippen LogP contribution is -2.12. The average molecular weight is 322 g/mol. The zero-order valence-corrected chi connectivity index (χ0v) is 15.1. The minimum atomic E-state index is 0.702. The number of benzene rings is 1. The molecule has 0 bridgehead atoms. The molecule has 0 saturated heterocycles. The minimum absolute atomic E-state index is 0.702. The van der Waals surface area contributed by atoms with Crippen molar-refractivity contribution in [1.82, 2.24) is 0 Å². The van der Waals surface area contributed by atoms with Crippen LogP contribution in [-0.2, 0) is 0 Å². The number of allylic oxidation sites excluding steroid dienone is 3. The third kappa shape index (κ3) is 6.67. The van der Waals surface area contributed by atoms with E-state index < -0.39 is 0 Å². The average Bonchev–Trinajstić information content (AvgIpc) is 2.61. The first-order chi connectivity index (χ1) is 11.8. The number of rotatable bonds is 6. The second-order valence-electron chi connectivity index (χ2n) is 6.55. The minimum Gasteiger partial charge on any atom is -0.494 e. The van der Waals surface area contributed by atoms with Gasteiger partial charge in [0.2, 0.25) is 0 Å². The molecule has 0 aliphatic heterocycles. The van der Waals surface area contributed by atoms with Crippen molar-refractivity contribution in [2.24, 2.45) is 11.8 Å². The summed E-state index contributed by atoms with van der Waals surface area (Å²) in [5.74, 6) is 8.85. The first-order valence-electron chi connectivity index (χ1n) is 9.39. The Hall–Kier alpha value is -1.94. The molecule has 0 amide bonds. The van der Waals surface area contributed by atoms with Crippen LogP contribution in [-0.4, -0.2) is 6.61 Å². The molecule has 1 fully saturated rings. The Bertz CT molecular complexity index is 575. The Morgan fingerprint density at radius 3 is 2.38 bits per heavy atom. The van der Waals surface area contributed by atoms with Crippen LogP contribution in [0.5, 0.6) is 5.75 Å². The highest BCUT2D eigenvalue weighted by molar-refractivity contribution is 5.54. The van der Waals surface area contributed by atoms with Crippen molar-refractivity contribution < 1.29 is 4.74 Å². The highest BCUT2D eigenvalue weighted by Crippen LogP contribution is 2.31. The second kappa shape index (κ2) is 10.8. The van der Waals surface area contributed by atoms with Gasteiger partial charge in [0.05, 0.1) is 6.61 Å². The van der Waals surface area contributed by atoms with E-state index in [4.69, 9.17) is 4.74 Å². The molecular weight excluding hydrogens is 292 g/mol. The molecule has 0 radical (unpaired) electrons. The van der Waals surface area contributed by atoms with Crippen LogP contribution in [0.15, 0.2) is 42.5 Å². The molecule has 0 spiro atoms. The Morgan fingerprint density at radius 1 is 1.00 bits per heavy atom. The molecule has 2 rings (SSSR count). The van der Waals surface area contributed by atoms with Gasteiger partial charge in [-0.15, -0.1) is 0 Å². The lowest BCUT2D eigenvalue weighted by Gasteiger charge is -2.26. The van der Waals surface area contributed by atoms with Crippen LogP contribution >= 0.6 is 0 Å². The summed E-state index contributed by atoms with van der Waals surface area (Å²) in [5, 5.41) is 0. The summed E-state index contributed by atoms with van der Waals surface area (Å²) in [6, 6.07) is 8.08. The van der Waals surface area contributed by atoms with Gasteiger partial charge in [-0.3, -0.25) is 0 Å². The number of hydrogen-bond acceptors (Lipinski definition) is 1. The maximum Gasteiger partial charge on any atom is 0.119 e. The van der Waals surface area contributed by atoms with Crippen molar-refractivity contribution in [3.05, 3.63) is 48.1 Å². The molecule has 1 aromatic carbocycles. The van der Waals surface area contributed by atoms with Gasteiger partial charge in [0, 0.05) is 0 Å². The molecule has 0 heterocycles. The van der Waals surface area contributed by atoms with Gasteiger partial charge in [-0.1, -0.05) is 49.8 Å². The molecule has 0 N–H and O–H groups in total. The van der Waals surface area contributed by atoms with Crippen molar-refractivity contribution in [1.29, 1.82) is 0 Å². The molecule has 128 valence electrons. The normalized spacial score (nSPS) is 20.9. The smallest absolute Gasteiger partial charge is 0.119 e. The van der Waals surface area contributed by atoms with Crippen molar-refractivity contribution >= 4 is 6.08 Å². The molecule has 24 heavy (non-hydrogen) atoms. The monoisotopic (exact) mass is 322 g/mol. The molecule has 1 aromatic rings. The maximum atomic E-state index is 5.43. The highest BCUT2D eigenvalue weighted by Gasteiger charge is 2.18. The molecule has 1 heteroatoms. The van der Waals surface area contributed by atoms with Crippen LogP contribution in [0.3, 0.4) is 0 Å². The van der Waals surface area contributed by atoms with Crippen LogP contribution in [0, 0.1) is 23.7 Å². The summed E-state index contributed by atoms with van der Waals surface area (Å²) in [7, 11) is 0. The summed E-state index contributed by atoms with van der Waals surface area (Å²) in [5.41, 5.74) is 1.14. The Labute approximate surface area is 147 Å². The van der Waals surface area contributed by atoms with E-state index in [-0.39, 0.29) is 0 Å². The van der Waals surface area contributed by atoms with Gasteiger partial charge in [-0.25, -0.2) is 0 Å². The molecule has 0 unspecified atom stereocenters. The van der Waals surface area contributed by atoms with Crippen LogP contribution in [0.25, 0.3) is 6.08 Å². The Kier molecular flexibility index (Phi) is 8.25. The fourth-order valence-electron chi connectivity index (χ4n) is 3.34. The van der Waals surface area contributed by atoms with Crippen LogP contribution in [0.1, 0.15) is 57.9 Å². The standard InChI is InChI=1S/C23H30O/c1-3-9-20-12-14-21(15-13-20)10-7-5-6-8-11-22-16-18-23(19-17-22)24-4-2/h7-8,10-11,16-21H,3-4,9,12-15H2,1-2H3. The lowest BCUT2D eigenvalue weighted by molar-refractivity contribution is 0.294. The Morgan fingerprint density at radius 2 is 1.71 bits per heavy atom. The summed E-state index contributed by atoms with van der Waals surface area (Å²) in [6.45, 7) is 4.99. The fourth-order valence-corrected chi connectivity index (χ4v) is 3.34. The first-order valence-corrected chi connectivity index (χ1v) is 9.39. The Balaban J connectivity index is 1.73. The van der Waals surface area contributed by atoms with Gasteiger partial charge >= 0.3 is 0 Å². The zero-order chi connectivity index (χ0) is 17.0. The summed E-state index contributed by atoms with van der Waals surface area (Å²) < 4.78 is 5.43. The summed E-state index contributed by atoms with van der Waals surface area (Å²) >= 11 is 0. The largest absolute Gasteiger partial charge is 0.494 e. The molecule has 1 aliphatic rings. The first kappa shape index (κ1) is 18.4. The van der Waals surface area contributed by atoms with Gasteiger partial charge in [0.1, 0.15) is 5.75 Å². The van der Waals surface area contributed by atoms with E-state index in [0.29, 0.717) is 6.61 Å². The number of ether oxygens (including phenoxy) is 1. The van der Waals surface area contributed by atoms with Gasteiger partial charge in [0.15, 0.2) is 0 Å². The quantitative estimate of drug-likeness (QED) is 0.561. The van der Waals surface area contributed by atoms with Crippen molar-refractivity contribution in [2.45, 2.75) is 52.4 Å². The number of hydrogen-bond donors (Lipinski definition) is 0. The molecule has 0 aromatic heterocycles. The fraction of sp³-hybridized carbons (Fsp3) is 0.478. The van der Waals surface area contributed by atoms with E-state index in [2.05, 4.69) is 24.8 Å². The van der Waals surface area contributed by atoms with Crippen molar-refractivity contribution in [3.8, 4) is 17.6 Å². The van der Waals surface area contributed by atoms with Gasteiger partial charge in [-0.2, -0.15) is 0 Å². The third-order valence-electron chi connectivity index (χ3n) is 4.67. The van der Waals surface area contributed by atoms with Gasteiger partial charge in [0.25, 0.3) is 0 Å². The van der Waals surface area contributed by atoms with E-state index in [0.717, 1.165) is 23.1 Å². The molecule has 1 nitrogen and oxygen atoms in total. The molecule has 1 saturated carbocycles. The topological polar surface area (TPSA) is 9.23 Å². The molecular formula is C23H30O. The highest BCUT2D eigenvalue weighted by atomic mass is 16.5. The summed E-state index contributed by atoms with van der Waals surface area (Å²) in [6.07, 6.45) is 16.5. The predicted molar refractivity (Wildman–Crippen MR) is 104 cm³/mol. The maximum absolute atomic E-state index is 5.43. The van der Waals surface area contributed by atoms with Crippen LogP contribution in [0.4, 0.5) is 0 Å². The second-order valence-corrected chi connectivity index (χ2v) is 6.55. The van der Waals surface area contributed by atoms with Crippen LogP contribution < -0.4 is 4.74 Å². The van der Waals surface area contributed by atoms with Gasteiger partial charge in [-0.05, 0) is 80.4 Å². The van der Waals surface area contributed by atoms with E-state index in [1.165, 1.54) is 38.5 Å². The SMILES string of the molecule is CCCC1CCC(C=CC#CC=Cc2ccc(OCC)cc2)CC1. The van der Waals surface area contributed by atoms with Crippen molar-refractivity contribution in [2.75, 3.05) is 6.61 Å². The lowest BCUT2D eigenvalue weighted by atomic mass is 9.80. The zero-order valence-electron chi connectivity index (χ0n) is 15.1. The molecule has 1 aliphatic carbocycles.